The third kappa shape index (κ3) is 3.79. The number of benzene rings is 1. The number of ether oxygens (including phenoxy) is 1. The number of nitrogens with one attached hydrogen (secondary N) is 1. The van der Waals surface area contributed by atoms with Crippen LogP contribution in [-0.4, -0.2) is 28.2 Å². The maximum absolute atomic E-state index is 12.4. The van der Waals surface area contributed by atoms with Gasteiger partial charge < -0.3 is 10.5 Å². The molecule has 0 saturated carbocycles. The summed E-state index contributed by atoms with van der Waals surface area (Å²) in [4.78, 5) is 0.326. The molecule has 20 heavy (non-hydrogen) atoms. The summed E-state index contributed by atoms with van der Waals surface area (Å²) in [7, 11) is -3.47. The molecule has 1 heterocycles. The molecule has 0 spiro atoms. The van der Waals surface area contributed by atoms with Crippen LogP contribution in [0.2, 0.25) is 0 Å². The van der Waals surface area contributed by atoms with Crippen LogP contribution >= 0.6 is 0 Å². The first-order valence-corrected chi connectivity index (χ1v) is 8.38. The minimum Gasteiger partial charge on any atom is -0.381 e. The van der Waals surface area contributed by atoms with E-state index in [1.165, 1.54) is 0 Å². The van der Waals surface area contributed by atoms with Crippen LogP contribution < -0.4 is 10.5 Å². The summed E-state index contributed by atoms with van der Waals surface area (Å²) in [6.07, 6.45) is 1.81. The molecule has 1 aromatic rings. The first-order chi connectivity index (χ1) is 9.53. The monoisotopic (exact) mass is 298 g/mol. The zero-order valence-electron chi connectivity index (χ0n) is 11.8. The molecule has 0 radical (unpaired) electrons. The zero-order chi connectivity index (χ0) is 14.6. The Kier molecular flexibility index (Phi) is 5.15. The lowest BCUT2D eigenvalue weighted by atomic mass is 10.0. The fraction of sp³-hybridized carbons (Fsp3) is 0.571. The molecule has 0 bridgehead atoms. The lowest BCUT2D eigenvalue weighted by molar-refractivity contribution is 0.0678. The normalized spacial score (nSPS) is 17.3. The van der Waals surface area contributed by atoms with E-state index in [9.17, 15) is 8.42 Å². The highest BCUT2D eigenvalue weighted by Gasteiger charge is 2.20. The molecule has 112 valence electrons. The van der Waals surface area contributed by atoms with Crippen molar-refractivity contribution in [3.63, 3.8) is 0 Å². The van der Waals surface area contributed by atoms with E-state index in [0.717, 1.165) is 24.0 Å². The Morgan fingerprint density at radius 2 is 2.05 bits per heavy atom. The standard InChI is InChI=1S/C14H22N2O3S/c1-11-2-3-13(9-15)8-14(11)20(17,18)16-10-12-4-6-19-7-5-12/h2-3,8,12,16H,4-7,9-10,15H2,1H3. The van der Waals surface area contributed by atoms with Gasteiger partial charge in [0.1, 0.15) is 0 Å². The van der Waals surface area contributed by atoms with E-state index in [-0.39, 0.29) is 0 Å². The molecule has 0 unspecified atom stereocenters. The molecule has 5 nitrogen and oxygen atoms in total. The van der Waals surface area contributed by atoms with Crippen molar-refractivity contribution < 1.29 is 13.2 Å². The van der Waals surface area contributed by atoms with Crippen molar-refractivity contribution in [3.05, 3.63) is 29.3 Å². The van der Waals surface area contributed by atoms with Crippen molar-refractivity contribution in [1.29, 1.82) is 0 Å². The number of aryl methyl sites for hydroxylation is 1. The maximum Gasteiger partial charge on any atom is 0.240 e. The Morgan fingerprint density at radius 1 is 1.35 bits per heavy atom. The number of nitrogens with two attached hydrogens (primary N) is 1. The highest BCUT2D eigenvalue weighted by Crippen LogP contribution is 2.19. The fourth-order valence-electron chi connectivity index (χ4n) is 2.32. The smallest absolute Gasteiger partial charge is 0.240 e. The van der Waals surface area contributed by atoms with Gasteiger partial charge in [-0.25, -0.2) is 13.1 Å². The lowest BCUT2D eigenvalue weighted by Gasteiger charge is -2.22. The van der Waals surface area contributed by atoms with Crippen LogP contribution in [0.15, 0.2) is 23.1 Å². The van der Waals surface area contributed by atoms with Crippen LogP contribution in [0.3, 0.4) is 0 Å². The first kappa shape index (κ1) is 15.4. The molecular weight excluding hydrogens is 276 g/mol. The molecule has 3 N–H and O–H groups in total. The van der Waals surface area contributed by atoms with Gasteiger partial charge in [0, 0.05) is 26.3 Å². The minimum absolute atomic E-state index is 0.326. The molecule has 1 aromatic carbocycles. The lowest BCUT2D eigenvalue weighted by Crippen LogP contribution is -2.32. The second-order valence-electron chi connectivity index (χ2n) is 5.21. The van der Waals surface area contributed by atoms with Gasteiger partial charge in [0.2, 0.25) is 10.0 Å². The molecule has 0 aromatic heterocycles. The Bertz CT molecular complexity index is 552. The SMILES string of the molecule is Cc1ccc(CN)cc1S(=O)(=O)NCC1CCOCC1. The van der Waals surface area contributed by atoms with Crippen molar-refractivity contribution in [1.82, 2.24) is 4.72 Å². The summed E-state index contributed by atoms with van der Waals surface area (Å²) >= 11 is 0. The third-order valence-corrected chi connectivity index (χ3v) is 5.25. The third-order valence-electron chi connectivity index (χ3n) is 3.68. The van der Waals surface area contributed by atoms with E-state index in [1.54, 1.807) is 19.1 Å². The predicted octanol–water partition coefficient (Wildman–Crippen LogP) is 1.16. The van der Waals surface area contributed by atoms with Crippen LogP contribution in [0, 0.1) is 12.8 Å². The van der Waals surface area contributed by atoms with Gasteiger partial charge >= 0.3 is 0 Å². The van der Waals surface area contributed by atoms with E-state index >= 15 is 0 Å². The Labute approximate surface area is 120 Å². The maximum atomic E-state index is 12.4. The van der Waals surface area contributed by atoms with Gasteiger partial charge in [-0.05, 0) is 42.9 Å². The first-order valence-electron chi connectivity index (χ1n) is 6.90. The van der Waals surface area contributed by atoms with Gasteiger partial charge in [-0.15, -0.1) is 0 Å². The molecule has 1 aliphatic rings. The molecule has 2 rings (SSSR count). The number of rotatable bonds is 5. The molecule has 0 aliphatic carbocycles. The molecule has 1 fully saturated rings. The summed E-state index contributed by atoms with van der Waals surface area (Å²) in [5, 5.41) is 0. The van der Waals surface area contributed by atoms with E-state index in [0.29, 0.717) is 37.1 Å². The summed E-state index contributed by atoms with van der Waals surface area (Å²) in [5.74, 6) is 0.358. The quantitative estimate of drug-likeness (QED) is 0.854. The van der Waals surface area contributed by atoms with Gasteiger partial charge in [0.25, 0.3) is 0 Å². The Morgan fingerprint density at radius 3 is 2.70 bits per heavy atom. The second-order valence-corrected chi connectivity index (χ2v) is 6.95. The van der Waals surface area contributed by atoms with E-state index in [2.05, 4.69) is 4.72 Å². The molecule has 1 saturated heterocycles. The van der Waals surface area contributed by atoms with Crippen molar-refractivity contribution in [2.75, 3.05) is 19.8 Å². The molecular formula is C14H22N2O3S. The highest BCUT2D eigenvalue weighted by molar-refractivity contribution is 7.89. The molecule has 0 atom stereocenters. The molecule has 0 amide bonds. The Balaban J connectivity index is 2.09. The average Bonchev–Trinajstić information content (AvgIpc) is 2.47. The van der Waals surface area contributed by atoms with Gasteiger partial charge in [0.15, 0.2) is 0 Å². The number of hydrogen-bond donors (Lipinski definition) is 2. The Hall–Kier alpha value is -0.950. The van der Waals surface area contributed by atoms with Gasteiger partial charge in [-0.1, -0.05) is 12.1 Å². The summed E-state index contributed by atoms with van der Waals surface area (Å²) in [5.41, 5.74) is 7.13. The summed E-state index contributed by atoms with van der Waals surface area (Å²) in [6.45, 7) is 4.03. The van der Waals surface area contributed by atoms with E-state index < -0.39 is 10.0 Å². The van der Waals surface area contributed by atoms with E-state index in [1.807, 2.05) is 6.07 Å². The zero-order valence-corrected chi connectivity index (χ0v) is 12.6. The fourth-order valence-corrected chi connectivity index (χ4v) is 3.73. The van der Waals surface area contributed by atoms with Crippen molar-refractivity contribution in [2.45, 2.75) is 31.2 Å². The summed E-state index contributed by atoms with van der Waals surface area (Å²) in [6, 6.07) is 5.31. The van der Waals surface area contributed by atoms with Gasteiger partial charge in [-0.2, -0.15) is 0 Å². The van der Waals surface area contributed by atoms with Crippen molar-refractivity contribution >= 4 is 10.0 Å². The van der Waals surface area contributed by atoms with E-state index in [4.69, 9.17) is 10.5 Å². The number of sulfonamides is 1. The van der Waals surface area contributed by atoms with Gasteiger partial charge in [-0.3, -0.25) is 0 Å². The van der Waals surface area contributed by atoms with Crippen LogP contribution in [-0.2, 0) is 21.3 Å². The second kappa shape index (κ2) is 6.67. The number of hydrogen-bond acceptors (Lipinski definition) is 4. The predicted molar refractivity (Wildman–Crippen MR) is 77.8 cm³/mol. The van der Waals surface area contributed by atoms with Crippen LogP contribution in [0.5, 0.6) is 0 Å². The van der Waals surface area contributed by atoms with Crippen molar-refractivity contribution in [2.24, 2.45) is 11.7 Å². The molecule has 6 heteroatoms. The van der Waals surface area contributed by atoms with Crippen LogP contribution in [0.25, 0.3) is 0 Å². The highest BCUT2D eigenvalue weighted by atomic mass is 32.2. The largest absolute Gasteiger partial charge is 0.381 e. The van der Waals surface area contributed by atoms with Crippen LogP contribution in [0.1, 0.15) is 24.0 Å². The summed E-state index contributed by atoms with van der Waals surface area (Å²) < 4.78 is 32.7. The van der Waals surface area contributed by atoms with Gasteiger partial charge in [0.05, 0.1) is 4.90 Å². The van der Waals surface area contributed by atoms with Crippen molar-refractivity contribution in [3.8, 4) is 0 Å². The van der Waals surface area contributed by atoms with Crippen LogP contribution in [0.4, 0.5) is 0 Å². The average molecular weight is 298 g/mol. The minimum atomic E-state index is -3.47. The molecule has 1 aliphatic heterocycles. The topological polar surface area (TPSA) is 81.4 Å².